The van der Waals surface area contributed by atoms with E-state index in [-0.39, 0.29) is 12.5 Å². The van der Waals surface area contributed by atoms with Crippen molar-refractivity contribution in [2.75, 3.05) is 6.54 Å². The van der Waals surface area contributed by atoms with Crippen molar-refractivity contribution in [3.63, 3.8) is 0 Å². The molecule has 0 unspecified atom stereocenters. The van der Waals surface area contributed by atoms with Gasteiger partial charge in [0.25, 0.3) is 0 Å². The first-order chi connectivity index (χ1) is 9.79. The topological polar surface area (TPSA) is 61.8 Å². The molecule has 102 valence electrons. The molecule has 1 amide bonds. The highest BCUT2D eigenvalue weighted by molar-refractivity contribution is 5.78. The summed E-state index contributed by atoms with van der Waals surface area (Å²) >= 11 is 0. The summed E-state index contributed by atoms with van der Waals surface area (Å²) in [5.74, 6) is -0.120. The third-order valence-corrected chi connectivity index (χ3v) is 2.81. The third-order valence-electron chi connectivity index (χ3n) is 2.81. The molecule has 0 atom stereocenters. The molecule has 1 aliphatic heterocycles. The van der Waals surface area contributed by atoms with Gasteiger partial charge in [-0.2, -0.15) is 0 Å². The number of nitrogens with one attached hydrogen (secondary N) is 1. The van der Waals surface area contributed by atoms with Gasteiger partial charge in [0.1, 0.15) is 6.54 Å². The van der Waals surface area contributed by atoms with Crippen molar-refractivity contribution in [2.24, 2.45) is 5.18 Å². The summed E-state index contributed by atoms with van der Waals surface area (Å²) in [7, 11) is 0. The summed E-state index contributed by atoms with van der Waals surface area (Å²) in [5.41, 5.74) is 1.64. The maximum atomic E-state index is 11.9. The van der Waals surface area contributed by atoms with E-state index in [1.54, 1.807) is 29.3 Å². The molecule has 0 radical (unpaired) electrons. The summed E-state index contributed by atoms with van der Waals surface area (Å²) < 4.78 is 0. The number of amides is 1. The number of carbonyl (C=O) groups is 1. The van der Waals surface area contributed by atoms with E-state index >= 15 is 0 Å². The van der Waals surface area contributed by atoms with Gasteiger partial charge in [0, 0.05) is 12.7 Å². The first-order valence-electron chi connectivity index (χ1n) is 6.24. The van der Waals surface area contributed by atoms with Gasteiger partial charge in [-0.05, 0) is 22.9 Å². The lowest BCUT2D eigenvalue weighted by molar-refractivity contribution is -0.121. The van der Waals surface area contributed by atoms with Crippen LogP contribution in [0.5, 0.6) is 0 Å². The Labute approximate surface area is 117 Å². The van der Waals surface area contributed by atoms with Crippen LogP contribution in [0.15, 0.2) is 71.8 Å². The van der Waals surface area contributed by atoms with Crippen LogP contribution in [0.3, 0.4) is 0 Å². The molecular formula is C15H15N3O2. The average molecular weight is 269 g/mol. The van der Waals surface area contributed by atoms with E-state index in [0.29, 0.717) is 12.2 Å². The predicted octanol–water partition coefficient (Wildman–Crippen LogP) is 2.30. The molecule has 0 saturated carbocycles. The number of nitroso groups, excluding NO2 is 1. The number of nitrogens with zero attached hydrogens (tertiary/aromatic N) is 2. The zero-order valence-electron chi connectivity index (χ0n) is 10.9. The van der Waals surface area contributed by atoms with Crippen molar-refractivity contribution in [2.45, 2.75) is 6.54 Å². The van der Waals surface area contributed by atoms with Gasteiger partial charge in [-0.1, -0.05) is 36.4 Å². The highest BCUT2D eigenvalue weighted by Gasteiger charge is 2.11. The molecule has 5 nitrogen and oxygen atoms in total. The summed E-state index contributed by atoms with van der Waals surface area (Å²) in [6.07, 6.45) is 8.23. The Balaban J connectivity index is 1.88. The molecule has 0 saturated heterocycles. The summed E-state index contributed by atoms with van der Waals surface area (Å²) in [5, 5.41) is 5.57. The van der Waals surface area contributed by atoms with Gasteiger partial charge in [0.05, 0.1) is 11.9 Å². The Bertz CT molecular complexity index is 562. The maximum Gasteiger partial charge on any atom is 0.240 e. The molecule has 1 aromatic carbocycles. The number of allylic oxidation sites excluding steroid dienone is 3. The summed E-state index contributed by atoms with van der Waals surface area (Å²) in [6.45, 7) is 0.632. The van der Waals surface area contributed by atoms with Crippen molar-refractivity contribution in [1.82, 2.24) is 10.2 Å². The lowest BCUT2D eigenvalue weighted by atomic mass is 10.2. The van der Waals surface area contributed by atoms with Crippen LogP contribution in [0.25, 0.3) is 0 Å². The maximum absolute atomic E-state index is 11.9. The fourth-order valence-electron chi connectivity index (χ4n) is 1.81. The number of hydrogen-bond donors (Lipinski definition) is 1. The zero-order chi connectivity index (χ0) is 14.2. The molecule has 1 N–H and O–H groups in total. The van der Waals surface area contributed by atoms with Crippen LogP contribution in [0.4, 0.5) is 0 Å². The van der Waals surface area contributed by atoms with Crippen molar-refractivity contribution in [1.29, 1.82) is 0 Å². The minimum atomic E-state index is -0.120. The largest absolute Gasteiger partial charge is 0.350 e. The van der Waals surface area contributed by atoms with E-state index in [1.165, 1.54) is 6.20 Å². The fourth-order valence-corrected chi connectivity index (χ4v) is 1.81. The lowest BCUT2D eigenvalue weighted by Gasteiger charge is -2.22. The smallest absolute Gasteiger partial charge is 0.240 e. The first-order valence-corrected chi connectivity index (χ1v) is 6.24. The molecular weight excluding hydrogens is 254 g/mol. The van der Waals surface area contributed by atoms with Crippen molar-refractivity contribution in [3.8, 4) is 0 Å². The average Bonchev–Trinajstić information content (AvgIpc) is 2.49. The van der Waals surface area contributed by atoms with Crippen molar-refractivity contribution >= 4 is 5.91 Å². The van der Waals surface area contributed by atoms with Gasteiger partial charge in [0.15, 0.2) is 0 Å². The monoisotopic (exact) mass is 269 g/mol. The molecule has 0 aliphatic carbocycles. The molecule has 1 heterocycles. The van der Waals surface area contributed by atoms with Gasteiger partial charge < -0.3 is 10.2 Å². The fraction of sp³-hybridized carbons (Fsp3) is 0.133. The van der Waals surface area contributed by atoms with Crippen molar-refractivity contribution < 1.29 is 4.79 Å². The van der Waals surface area contributed by atoms with E-state index in [2.05, 4.69) is 10.5 Å². The highest BCUT2D eigenvalue weighted by Crippen LogP contribution is 2.11. The van der Waals surface area contributed by atoms with Crippen LogP contribution in [-0.4, -0.2) is 17.4 Å². The molecule has 5 heteroatoms. The standard InChI is InChI=1S/C15H15N3O2/c19-15(16-10-13-6-2-1-3-7-13)12-18-9-5-4-8-14(18)11-17-20/h1-9,11H,10,12H2,(H,16,19)/b14-11+. The van der Waals surface area contributed by atoms with Crippen molar-refractivity contribution in [3.05, 3.63) is 77.1 Å². The molecule has 1 aromatic rings. The summed E-state index contributed by atoms with van der Waals surface area (Å²) in [4.78, 5) is 23.9. The van der Waals surface area contributed by atoms with E-state index in [4.69, 9.17) is 0 Å². The number of carbonyl (C=O) groups excluding carboxylic acids is 1. The van der Waals surface area contributed by atoms with Gasteiger partial charge in [-0.15, -0.1) is 4.91 Å². The van der Waals surface area contributed by atoms with Crippen LogP contribution in [0.1, 0.15) is 5.56 Å². The third kappa shape index (κ3) is 3.91. The second-order valence-electron chi connectivity index (χ2n) is 4.25. The SMILES string of the molecule is O=N/C=C1\C=CC=CN1CC(=O)NCc1ccccc1. The number of benzene rings is 1. The Kier molecular flexibility index (Phi) is 4.83. The van der Waals surface area contributed by atoms with Crippen LogP contribution in [0.2, 0.25) is 0 Å². The lowest BCUT2D eigenvalue weighted by Crippen LogP contribution is -2.34. The minimum Gasteiger partial charge on any atom is -0.350 e. The first kappa shape index (κ1) is 13.7. The second kappa shape index (κ2) is 7.04. The van der Waals surface area contributed by atoms with Crippen LogP contribution < -0.4 is 5.32 Å². The van der Waals surface area contributed by atoms with Gasteiger partial charge in [-0.25, -0.2) is 0 Å². The molecule has 0 aromatic heterocycles. The minimum absolute atomic E-state index is 0.120. The van der Waals surface area contributed by atoms with Gasteiger partial charge >= 0.3 is 0 Å². The normalized spacial score (nSPS) is 15.4. The van der Waals surface area contributed by atoms with Gasteiger partial charge in [-0.3, -0.25) is 4.79 Å². The molecule has 0 spiro atoms. The van der Waals surface area contributed by atoms with Crippen LogP contribution in [0, 0.1) is 4.91 Å². The zero-order valence-corrected chi connectivity index (χ0v) is 10.9. The molecule has 1 aliphatic rings. The van der Waals surface area contributed by atoms with E-state index in [9.17, 15) is 9.70 Å². The molecule has 0 fully saturated rings. The molecule has 2 rings (SSSR count). The second-order valence-corrected chi connectivity index (χ2v) is 4.25. The number of hydrogen-bond acceptors (Lipinski definition) is 4. The van der Waals surface area contributed by atoms with Gasteiger partial charge in [0.2, 0.25) is 5.91 Å². The van der Waals surface area contributed by atoms with E-state index in [0.717, 1.165) is 5.56 Å². The highest BCUT2D eigenvalue weighted by atomic mass is 16.2. The quantitative estimate of drug-likeness (QED) is 0.834. The predicted molar refractivity (Wildman–Crippen MR) is 77.2 cm³/mol. The van der Waals surface area contributed by atoms with Crippen LogP contribution in [-0.2, 0) is 11.3 Å². The van der Waals surface area contributed by atoms with E-state index in [1.807, 2.05) is 30.3 Å². The van der Waals surface area contributed by atoms with E-state index < -0.39 is 0 Å². The Hall–Kier alpha value is -2.69. The summed E-state index contributed by atoms with van der Waals surface area (Å²) in [6, 6.07) is 9.68. The Morgan fingerprint density at radius 3 is 2.80 bits per heavy atom. The molecule has 20 heavy (non-hydrogen) atoms. The Morgan fingerprint density at radius 1 is 1.25 bits per heavy atom. The number of rotatable bonds is 5. The Morgan fingerprint density at radius 2 is 2.05 bits per heavy atom. The molecule has 0 bridgehead atoms. The van der Waals surface area contributed by atoms with Crippen LogP contribution >= 0.6 is 0 Å².